The predicted octanol–water partition coefficient (Wildman–Crippen LogP) is 4.82. The Morgan fingerprint density at radius 1 is 1.43 bits per heavy atom. The number of rotatable bonds is 5. The topological polar surface area (TPSA) is 37.3 Å². The summed E-state index contributed by atoms with van der Waals surface area (Å²) in [6.45, 7) is 2.13. The van der Waals surface area contributed by atoms with Gasteiger partial charge in [0.2, 0.25) is 6.43 Å². The Morgan fingerprint density at radius 3 is 2.52 bits per heavy atom. The SMILES string of the molecule is CCC1=CCC(C2CCC(CC(F)F)(C(=O)O)CC2)C=C1. The van der Waals surface area contributed by atoms with Crippen molar-refractivity contribution in [3.63, 3.8) is 0 Å². The highest BCUT2D eigenvalue weighted by atomic mass is 19.3. The molecule has 0 aromatic carbocycles. The summed E-state index contributed by atoms with van der Waals surface area (Å²) in [5.41, 5.74) is 0.146. The van der Waals surface area contributed by atoms with Gasteiger partial charge >= 0.3 is 5.97 Å². The summed E-state index contributed by atoms with van der Waals surface area (Å²) in [5, 5.41) is 9.34. The number of alkyl halides is 2. The van der Waals surface area contributed by atoms with Gasteiger partial charge in [0.15, 0.2) is 0 Å². The number of aliphatic carboxylic acids is 1. The Morgan fingerprint density at radius 2 is 2.10 bits per heavy atom. The summed E-state index contributed by atoms with van der Waals surface area (Å²) < 4.78 is 25.4. The molecule has 4 heteroatoms. The highest BCUT2D eigenvalue weighted by Crippen LogP contribution is 2.46. The molecule has 0 bridgehead atoms. The molecule has 1 unspecified atom stereocenters. The van der Waals surface area contributed by atoms with E-state index in [1.165, 1.54) is 5.57 Å². The molecule has 2 rings (SSSR count). The summed E-state index contributed by atoms with van der Waals surface area (Å²) in [4.78, 5) is 11.4. The summed E-state index contributed by atoms with van der Waals surface area (Å²) in [6, 6.07) is 0. The Kier molecular flexibility index (Phi) is 5.17. The molecule has 2 aliphatic rings. The van der Waals surface area contributed by atoms with E-state index in [2.05, 4.69) is 25.2 Å². The van der Waals surface area contributed by atoms with Gasteiger partial charge < -0.3 is 5.11 Å². The number of halogens is 2. The number of hydrogen-bond acceptors (Lipinski definition) is 1. The van der Waals surface area contributed by atoms with Gasteiger partial charge in [-0.05, 0) is 50.4 Å². The Hall–Kier alpha value is -1.19. The second-order valence-corrected chi connectivity index (χ2v) is 6.41. The molecule has 0 aromatic heterocycles. The van der Waals surface area contributed by atoms with E-state index in [-0.39, 0.29) is 0 Å². The Bertz CT molecular complexity index is 432. The monoisotopic (exact) mass is 298 g/mol. The fraction of sp³-hybridized carbons (Fsp3) is 0.706. The van der Waals surface area contributed by atoms with E-state index >= 15 is 0 Å². The molecule has 0 amide bonds. The van der Waals surface area contributed by atoms with Crippen LogP contribution in [0.2, 0.25) is 0 Å². The molecule has 0 heterocycles. The lowest BCUT2D eigenvalue weighted by Crippen LogP contribution is -2.38. The molecule has 0 aromatic rings. The van der Waals surface area contributed by atoms with Crippen LogP contribution in [0.5, 0.6) is 0 Å². The molecule has 1 saturated carbocycles. The number of hydrogen-bond donors (Lipinski definition) is 1. The molecule has 0 spiro atoms. The zero-order chi connectivity index (χ0) is 15.5. The highest BCUT2D eigenvalue weighted by Gasteiger charge is 2.44. The van der Waals surface area contributed by atoms with Crippen molar-refractivity contribution in [2.75, 3.05) is 0 Å². The van der Waals surface area contributed by atoms with Gasteiger partial charge in [-0.3, -0.25) is 4.79 Å². The van der Waals surface area contributed by atoms with Crippen LogP contribution in [0.15, 0.2) is 23.8 Å². The number of carboxylic acids is 1. The van der Waals surface area contributed by atoms with Crippen molar-refractivity contribution in [1.29, 1.82) is 0 Å². The molecule has 1 N–H and O–H groups in total. The lowest BCUT2D eigenvalue weighted by Gasteiger charge is -2.39. The summed E-state index contributed by atoms with van der Waals surface area (Å²) >= 11 is 0. The zero-order valence-corrected chi connectivity index (χ0v) is 12.5. The molecule has 1 fully saturated rings. The van der Waals surface area contributed by atoms with E-state index in [0.717, 1.165) is 25.7 Å². The maximum atomic E-state index is 12.7. The smallest absolute Gasteiger partial charge is 0.309 e. The van der Waals surface area contributed by atoms with Crippen LogP contribution in [0.1, 0.15) is 51.9 Å². The van der Waals surface area contributed by atoms with E-state index in [4.69, 9.17) is 0 Å². The third kappa shape index (κ3) is 3.72. The first-order valence-corrected chi connectivity index (χ1v) is 7.85. The maximum Gasteiger partial charge on any atom is 0.309 e. The van der Waals surface area contributed by atoms with Crippen LogP contribution < -0.4 is 0 Å². The molecule has 2 nitrogen and oxygen atoms in total. The number of allylic oxidation sites excluding steroid dienone is 4. The number of carboxylic acid groups (broad SMARTS) is 1. The van der Waals surface area contributed by atoms with Gasteiger partial charge in [-0.15, -0.1) is 0 Å². The molecule has 0 radical (unpaired) electrons. The van der Waals surface area contributed by atoms with Gasteiger partial charge in [-0.1, -0.05) is 30.7 Å². The molecule has 2 aliphatic carbocycles. The van der Waals surface area contributed by atoms with Gasteiger partial charge in [-0.2, -0.15) is 0 Å². The molecule has 0 saturated heterocycles. The van der Waals surface area contributed by atoms with Crippen molar-refractivity contribution < 1.29 is 18.7 Å². The molecular formula is C17H24F2O2. The van der Waals surface area contributed by atoms with Crippen LogP contribution in [-0.4, -0.2) is 17.5 Å². The second kappa shape index (κ2) is 6.71. The van der Waals surface area contributed by atoms with Gasteiger partial charge in [0.1, 0.15) is 0 Å². The van der Waals surface area contributed by atoms with Gasteiger partial charge in [-0.25, -0.2) is 8.78 Å². The summed E-state index contributed by atoms with van der Waals surface area (Å²) in [6.07, 6.45) is 7.87. The van der Waals surface area contributed by atoms with Crippen molar-refractivity contribution in [2.45, 2.75) is 58.3 Å². The van der Waals surface area contributed by atoms with E-state index in [0.29, 0.717) is 24.7 Å². The molecule has 118 valence electrons. The number of carbonyl (C=O) groups is 1. The molecule has 21 heavy (non-hydrogen) atoms. The summed E-state index contributed by atoms with van der Waals surface area (Å²) in [5.74, 6) is -0.173. The van der Waals surface area contributed by atoms with Crippen molar-refractivity contribution in [3.05, 3.63) is 23.8 Å². The first-order valence-electron chi connectivity index (χ1n) is 7.85. The lowest BCUT2D eigenvalue weighted by atomic mass is 9.65. The molecular weight excluding hydrogens is 274 g/mol. The van der Waals surface area contributed by atoms with Crippen LogP contribution >= 0.6 is 0 Å². The fourth-order valence-electron chi connectivity index (χ4n) is 3.71. The highest BCUT2D eigenvalue weighted by molar-refractivity contribution is 5.74. The van der Waals surface area contributed by atoms with E-state index in [1.807, 2.05) is 0 Å². The van der Waals surface area contributed by atoms with Crippen molar-refractivity contribution in [3.8, 4) is 0 Å². The van der Waals surface area contributed by atoms with E-state index in [1.54, 1.807) is 0 Å². The third-order valence-corrected chi connectivity index (χ3v) is 5.21. The Balaban J connectivity index is 1.95. The second-order valence-electron chi connectivity index (χ2n) is 6.41. The van der Waals surface area contributed by atoms with Crippen LogP contribution in [0.4, 0.5) is 8.78 Å². The van der Waals surface area contributed by atoms with Gasteiger partial charge in [0.25, 0.3) is 0 Å². The minimum atomic E-state index is -2.54. The van der Waals surface area contributed by atoms with Crippen LogP contribution in [0.3, 0.4) is 0 Å². The van der Waals surface area contributed by atoms with Crippen molar-refractivity contribution in [1.82, 2.24) is 0 Å². The average Bonchev–Trinajstić information content (AvgIpc) is 2.47. The van der Waals surface area contributed by atoms with Crippen LogP contribution in [0.25, 0.3) is 0 Å². The summed E-state index contributed by atoms with van der Waals surface area (Å²) in [7, 11) is 0. The van der Waals surface area contributed by atoms with Crippen molar-refractivity contribution in [2.24, 2.45) is 17.3 Å². The standard InChI is InChI=1S/C17H24F2O2/c1-2-12-3-5-13(6-4-12)14-7-9-17(10-8-14,16(20)21)11-15(18)19/h3-5,13-15H,2,6-11H2,1H3,(H,20,21). The van der Waals surface area contributed by atoms with Crippen molar-refractivity contribution >= 4 is 5.97 Å². The first kappa shape index (κ1) is 16.2. The average molecular weight is 298 g/mol. The predicted molar refractivity (Wildman–Crippen MR) is 78.3 cm³/mol. The molecule has 1 atom stereocenters. The first-order chi connectivity index (χ1) is 9.97. The van der Waals surface area contributed by atoms with Crippen LogP contribution in [-0.2, 0) is 4.79 Å². The maximum absolute atomic E-state index is 12.7. The minimum absolute atomic E-state index is 0.381. The van der Waals surface area contributed by atoms with E-state index < -0.39 is 24.2 Å². The van der Waals surface area contributed by atoms with E-state index in [9.17, 15) is 18.7 Å². The van der Waals surface area contributed by atoms with Gasteiger partial charge in [0, 0.05) is 6.42 Å². The quantitative estimate of drug-likeness (QED) is 0.790. The normalized spacial score (nSPS) is 33.0. The zero-order valence-electron chi connectivity index (χ0n) is 12.5. The van der Waals surface area contributed by atoms with Gasteiger partial charge in [0.05, 0.1) is 5.41 Å². The van der Waals surface area contributed by atoms with Crippen LogP contribution in [0, 0.1) is 17.3 Å². The largest absolute Gasteiger partial charge is 0.481 e. The minimum Gasteiger partial charge on any atom is -0.481 e. The Labute approximate surface area is 124 Å². The third-order valence-electron chi connectivity index (χ3n) is 5.21. The lowest BCUT2D eigenvalue weighted by molar-refractivity contribution is -0.155. The molecule has 0 aliphatic heterocycles. The fourth-order valence-corrected chi connectivity index (χ4v) is 3.71.